The van der Waals surface area contributed by atoms with E-state index in [1.54, 1.807) is 4.57 Å². The van der Waals surface area contributed by atoms with Crippen molar-refractivity contribution in [2.45, 2.75) is 37.8 Å². The van der Waals surface area contributed by atoms with Gasteiger partial charge in [-0.2, -0.15) is 0 Å². The molecule has 0 radical (unpaired) electrons. The van der Waals surface area contributed by atoms with E-state index in [1.807, 2.05) is 6.92 Å². The standard InChI is InChI=1S/C17H17FN2O4/c1-2-8-7-24-15-12(17(19)3-4-17)11(18)5-9-13(15)20(8)6-10(14(9)21)16(22)23/h5-6,8H,2-4,7,19H2,1H3,(H,22,23). The molecule has 1 atom stereocenters. The Balaban J connectivity index is 2.17. The van der Waals surface area contributed by atoms with Gasteiger partial charge >= 0.3 is 5.97 Å². The van der Waals surface area contributed by atoms with E-state index in [-0.39, 0.29) is 29.3 Å². The van der Waals surface area contributed by atoms with Crippen LogP contribution in [-0.4, -0.2) is 22.2 Å². The van der Waals surface area contributed by atoms with Gasteiger partial charge in [0.1, 0.15) is 18.0 Å². The molecule has 1 aliphatic carbocycles. The zero-order valence-corrected chi connectivity index (χ0v) is 13.1. The first-order valence-corrected chi connectivity index (χ1v) is 7.94. The molecule has 3 N–H and O–H groups in total. The summed E-state index contributed by atoms with van der Waals surface area (Å²) in [5.41, 5.74) is 5.09. The first-order valence-electron chi connectivity index (χ1n) is 7.94. The molecule has 1 unspecified atom stereocenters. The third-order valence-electron chi connectivity index (χ3n) is 5.02. The van der Waals surface area contributed by atoms with Crippen LogP contribution in [0.25, 0.3) is 10.9 Å². The molecule has 1 aliphatic heterocycles. The van der Waals surface area contributed by atoms with Crippen molar-refractivity contribution in [1.82, 2.24) is 4.57 Å². The minimum Gasteiger partial charge on any atom is -0.489 e. The van der Waals surface area contributed by atoms with Gasteiger partial charge in [-0.25, -0.2) is 9.18 Å². The van der Waals surface area contributed by atoms with Crippen molar-refractivity contribution in [2.24, 2.45) is 5.73 Å². The lowest BCUT2D eigenvalue weighted by Gasteiger charge is -2.31. The zero-order valence-electron chi connectivity index (χ0n) is 13.1. The Morgan fingerprint density at radius 3 is 2.83 bits per heavy atom. The molecule has 2 aromatic rings. The van der Waals surface area contributed by atoms with E-state index < -0.39 is 22.8 Å². The fraction of sp³-hybridized carbons (Fsp3) is 0.412. The minimum absolute atomic E-state index is 0.0218. The first-order chi connectivity index (χ1) is 11.4. The van der Waals surface area contributed by atoms with Gasteiger partial charge < -0.3 is 20.1 Å². The second-order valence-corrected chi connectivity index (χ2v) is 6.57. The van der Waals surface area contributed by atoms with E-state index in [2.05, 4.69) is 0 Å². The fourth-order valence-electron chi connectivity index (χ4n) is 3.46. The molecule has 2 aliphatic rings. The molecule has 1 fully saturated rings. The number of hydrogen-bond acceptors (Lipinski definition) is 4. The topological polar surface area (TPSA) is 94.6 Å². The fourth-order valence-corrected chi connectivity index (χ4v) is 3.46. The van der Waals surface area contributed by atoms with Crippen molar-refractivity contribution in [3.63, 3.8) is 0 Å². The van der Waals surface area contributed by atoms with Gasteiger partial charge in [0.25, 0.3) is 0 Å². The highest BCUT2D eigenvalue weighted by molar-refractivity contribution is 5.95. The molecular weight excluding hydrogens is 315 g/mol. The number of aromatic nitrogens is 1. The van der Waals surface area contributed by atoms with Crippen molar-refractivity contribution in [1.29, 1.82) is 0 Å². The van der Waals surface area contributed by atoms with E-state index in [1.165, 1.54) is 6.20 Å². The average Bonchev–Trinajstić information content (AvgIpc) is 3.27. The number of ether oxygens (including phenoxy) is 1. The van der Waals surface area contributed by atoms with Gasteiger partial charge in [-0.1, -0.05) is 6.92 Å². The van der Waals surface area contributed by atoms with E-state index in [0.717, 1.165) is 6.07 Å². The molecule has 1 aromatic carbocycles. The molecule has 1 saturated carbocycles. The molecule has 7 heteroatoms. The van der Waals surface area contributed by atoms with Crippen molar-refractivity contribution in [3.05, 3.63) is 39.4 Å². The van der Waals surface area contributed by atoms with Crippen molar-refractivity contribution in [3.8, 4) is 5.75 Å². The van der Waals surface area contributed by atoms with E-state index >= 15 is 0 Å². The van der Waals surface area contributed by atoms with Crippen LogP contribution in [0.5, 0.6) is 5.75 Å². The molecule has 1 aromatic heterocycles. The van der Waals surface area contributed by atoms with Crippen molar-refractivity contribution in [2.75, 3.05) is 6.61 Å². The molecule has 2 heterocycles. The number of aromatic carboxylic acids is 1. The maximum atomic E-state index is 14.7. The SMILES string of the molecule is CCC1COc2c(C3(N)CC3)c(F)cc3c(=O)c(C(=O)O)cn1c23. The first kappa shape index (κ1) is 15.1. The third kappa shape index (κ3) is 1.91. The molecular formula is C17H17FN2O4. The molecule has 4 rings (SSSR count). The number of nitrogens with two attached hydrogens (primary N) is 1. The van der Waals surface area contributed by atoms with Gasteiger partial charge in [-0.05, 0) is 25.3 Å². The zero-order chi connectivity index (χ0) is 17.2. The highest BCUT2D eigenvalue weighted by Gasteiger charge is 2.46. The van der Waals surface area contributed by atoms with Crippen LogP contribution in [0.1, 0.15) is 48.1 Å². The summed E-state index contributed by atoms with van der Waals surface area (Å²) in [4.78, 5) is 23.9. The number of carboxylic acid groups (broad SMARTS) is 1. The van der Waals surface area contributed by atoms with Crippen molar-refractivity contribution >= 4 is 16.9 Å². The van der Waals surface area contributed by atoms with Crippen LogP contribution in [0.15, 0.2) is 17.1 Å². The Morgan fingerprint density at radius 1 is 1.54 bits per heavy atom. The highest BCUT2D eigenvalue weighted by Crippen LogP contribution is 2.50. The van der Waals surface area contributed by atoms with Gasteiger partial charge in [0.2, 0.25) is 5.43 Å². The summed E-state index contributed by atoms with van der Waals surface area (Å²) in [6.45, 7) is 2.23. The summed E-state index contributed by atoms with van der Waals surface area (Å²) in [6.07, 6.45) is 3.34. The highest BCUT2D eigenvalue weighted by atomic mass is 19.1. The van der Waals surface area contributed by atoms with Gasteiger partial charge in [-0.15, -0.1) is 0 Å². The largest absolute Gasteiger partial charge is 0.489 e. The predicted molar refractivity (Wildman–Crippen MR) is 85.0 cm³/mol. The summed E-state index contributed by atoms with van der Waals surface area (Å²) >= 11 is 0. The van der Waals surface area contributed by atoms with Crippen LogP contribution < -0.4 is 15.9 Å². The maximum absolute atomic E-state index is 14.7. The van der Waals surface area contributed by atoms with Gasteiger partial charge in [0.05, 0.1) is 22.5 Å². The summed E-state index contributed by atoms with van der Waals surface area (Å²) in [6, 6.07) is 0.985. The number of carbonyl (C=O) groups is 1. The van der Waals surface area contributed by atoms with Crippen molar-refractivity contribution < 1.29 is 19.0 Å². The summed E-state index contributed by atoms with van der Waals surface area (Å²) < 4.78 is 22.2. The Morgan fingerprint density at radius 2 is 2.25 bits per heavy atom. The lowest BCUT2D eigenvalue weighted by atomic mass is 9.97. The quantitative estimate of drug-likeness (QED) is 0.898. The maximum Gasteiger partial charge on any atom is 0.341 e. The Kier molecular flexibility index (Phi) is 3.02. The van der Waals surface area contributed by atoms with Crippen LogP contribution in [0.2, 0.25) is 0 Å². The third-order valence-corrected chi connectivity index (χ3v) is 5.02. The Bertz CT molecular complexity index is 946. The number of benzene rings is 1. The van der Waals surface area contributed by atoms with E-state index in [0.29, 0.717) is 30.3 Å². The number of hydrogen-bond donors (Lipinski definition) is 2. The molecule has 126 valence electrons. The molecule has 0 spiro atoms. The normalized spacial score (nSPS) is 20.7. The Hall–Kier alpha value is -2.41. The second kappa shape index (κ2) is 4.80. The minimum atomic E-state index is -1.32. The van der Waals surface area contributed by atoms with Crippen LogP contribution in [-0.2, 0) is 5.54 Å². The Labute approximate surface area is 136 Å². The van der Waals surface area contributed by atoms with E-state index in [9.17, 15) is 19.1 Å². The lowest BCUT2D eigenvalue weighted by Crippen LogP contribution is -2.30. The average molecular weight is 332 g/mol. The van der Waals surface area contributed by atoms with E-state index in [4.69, 9.17) is 10.5 Å². The molecule has 0 saturated heterocycles. The smallest absolute Gasteiger partial charge is 0.341 e. The van der Waals surface area contributed by atoms with Crippen LogP contribution in [0.4, 0.5) is 4.39 Å². The predicted octanol–water partition coefficient (Wildman–Crippen LogP) is 2.13. The number of nitrogens with zero attached hydrogens (tertiary/aromatic N) is 1. The number of carboxylic acids is 1. The summed E-state index contributed by atoms with van der Waals surface area (Å²) in [5, 5.41) is 9.32. The summed E-state index contributed by atoms with van der Waals surface area (Å²) in [7, 11) is 0. The van der Waals surface area contributed by atoms with Gasteiger partial charge in [0, 0.05) is 11.7 Å². The monoisotopic (exact) mass is 332 g/mol. The van der Waals surface area contributed by atoms with Gasteiger partial charge in [-0.3, -0.25) is 4.79 Å². The van der Waals surface area contributed by atoms with Crippen LogP contribution in [0.3, 0.4) is 0 Å². The second-order valence-electron chi connectivity index (χ2n) is 6.57. The summed E-state index contributed by atoms with van der Waals surface area (Å²) in [5.74, 6) is -1.65. The van der Waals surface area contributed by atoms with Crippen LogP contribution in [0, 0.1) is 5.82 Å². The number of halogens is 1. The molecule has 24 heavy (non-hydrogen) atoms. The molecule has 6 nitrogen and oxygen atoms in total. The lowest BCUT2D eigenvalue weighted by molar-refractivity contribution is 0.0694. The number of pyridine rings is 1. The van der Waals surface area contributed by atoms with Gasteiger partial charge in [0.15, 0.2) is 5.75 Å². The molecule has 0 bridgehead atoms. The number of rotatable bonds is 3. The molecule has 0 amide bonds. The van der Waals surface area contributed by atoms with Crippen LogP contribution >= 0.6 is 0 Å².